The Kier molecular flexibility index (Phi) is 7.16. The van der Waals surface area contributed by atoms with Gasteiger partial charge in [-0.25, -0.2) is 14.3 Å². The predicted molar refractivity (Wildman–Crippen MR) is 105 cm³/mol. The monoisotopic (exact) mass is 468 g/mol. The molecule has 0 aliphatic rings. The van der Waals surface area contributed by atoms with E-state index in [4.69, 9.17) is 9.47 Å². The van der Waals surface area contributed by atoms with E-state index in [9.17, 15) is 27.2 Å². The zero-order valence-corrected chi connectivity index (χ0v) is 17.1. The molecule has 0 saturated heterocycles. The Morgan fingerprint density at radius 3 is 2.03 bits per heavy atom. The van der Waals surface area contributed by atoms with Gasteiger partial charge in [-0.2, -0.15) is 22.7 Å². The second-order valence-corrected chi connectivity index (χ2v) is 6.22. The second-order valence-electron chi connectivity index (χ2n) is 6.22. The number of carbonyl (C=O) groups is 2. The summed E-state index contributed by atoms with van der Waals surface area (Å²) < 4.78 is 70.2. The minimum atomic E-state index is -3.35. The van der Waals surface area contributed by atoms with E-state index < -0.39 is 36.7 Å². The standard InChI is InChI=1S/C21H16F4N2O6/c1-30-18(28)15-16(11-8-9-13(32-20(22)23)14(10-11)33-21(24)25)26-27(17(15)19(29)31-2)12-6-4-3-5-7-12/h3-10,20-21H,1-2H3. The number of benzene rings is 2. The van der Waals surface area contributed by atoms with Gasteiger partial charge in [0.25, 0.3) is 0 Å². The number of esters is 2. The van der Waals surface area contributed by atoms with Crippen molar-refractivity contribution in [3.8, 4) is 28.4 Å². The summed E-state index contributed by atoms with van der Waals surface area (Å²) in [6.45, 7) is -6.66. The van der Waals surface area contributed by atoms with Crippen molar-refractivity contribution in [2.75, 3.05) is 14.2 Å². The molecule has 1 heterocycles. The van der Waals surface area contributed by atoms with Gasteiger partial charge in [0.15, 0.2) is 17.2 Å². The predicted octanol–water partition coefficient (Wildman–Crippen LogP) is 4.32. The third-order valence-corrected chi connectivity index (χ3v) is 4.30. The van der Waals surface area contributed by atoms with Gasteiger partial charge in [-0.15, -0.1) is 0 Å². The zero-order valence-electron chi connectivity index (χ0n) is 17.1. The molecule has 0 atom stereocenters. The zero-order chi connectivity index (χ0) is 24.1. The van der Waals surface area contributed by atoms with Gasteiger partial charge in [-0.05, 0) is 30.3 Å². The van der Waals surface area contributed by atoms with E-state index in [0.29, 0.717) is 5.69 Å². The first-order valence-electron chi connectivity index (χ1n) is 9.16. The lowest BCUT2D eigenvalue weighted by molar-refractivity contribution is -0.0692. The average Bonchev–Trinajstić information content (AvgIpc) is 3.19. The number of alkyl halides is 4. The van der Waals surface area contributed by atoms with E-state index in [0.717, 1.165) is 31.0 Å². The summed E-state index contributed by atoms with van der Waals surface area (Å²) in [4.78, 5) is 25.2. The van der Waals surface area contributed by atoms with Gasteiger partial charge in [0.05, 0.1) is 19.9 Å². The molecule has 8 nitrogen and oxygen atoms in total. The van der Waals surface area contributed by atoms with Gasteiger partial charge in [0.2, 0.25) is 0 Å². The second kappa shape index (κ2) is 10.0. The molecule has 0 aliphatic heterocycles. The van der Waals surface area contributed by atoms with Gasteiger partial charge in [0, 0.05) is 5.56 Å². The highest BCUT2D eigenvalue weighted by atomic mass is 19.3. The van der Waals surface area contributed by atoms with Gasteiger partial charge in [-0.1, -0.05) is 18.2 Å². The number of para-hydroxylation sites is 1. The molecule has 0 aliphatic carbocycles. The van der Waals surface area contributed by atoms with Crippen molar-refractivity contribution >= 4 is 11.9 Å². The molecule has 0 fully saturated rings. The van der Waals surface area contributed by atoms with E-state index in [1.54, 1.807) is 30.3 Å². The maximum Gasteiger partial charge on any atom is 0.387 e. The lowest BCUT2D eigenvalue weighted by Crippen LogP contribution is -2.15. The van der Waals surface area contributed by atoms with Crippen molar-refractivity contribution < 1.29 is 46.1 Å². The molecular formula is C21H16F4N2O6. The van der Waals surface area contributed by atoms with Gasteiger partial charge in [-0.3, -0.25) is 0 Å². The van der Waals surface area contributed by atoms with E-state index in [-0.39, 0.29) is 22.5 Å². The minimum absolute atomic E-state index is 0.0208. The minimum Gasteiger partial charge on any atom is -0.465 e. The van der Waals surface area contributed by atoms with Crippen LogP contribution in [-0.4, -0.2) is 49.2 Å². The van der Waals surface area contributed by atoms with Crippen LogP contribution >= 0.6 is 0 Å². The van der Waals surface area contributed by atoms with Crippen LogP contribution in [0.15, 0.2) is 48.5 Å². The van der Waals surface area contributed by atoms with Crippen molar-refractivity contribution in [2.45, 2.75) is 13.2 Å². The highest BCUT2D eigenvalue weighted by molar-refractivity contribution is 6.06. The molecule has 3 rings (SSSR count). The summed E-state index contributed by atoms with van der Waals surface area (Å²) in [6, 6.07) is 11.3. The Balaban J connectivity index is 2.29. The number of hydrogen-bond acceptors (Lipinski definition) is 7. The normalized spacial score (nSPS) is 10.9. The molecule has 0 saturated carbocycles. The Bertz CT molecular complexity index is 1150. The highest BCUT2D eigenvalue weighted by Crippen LogP contribution is 2.37. The summed E-state index contributed by atoms with van der Waals surface area (Å²) >= 11 is 0. The molecule has 33 heavy (non-hydrogen) atoms. The van der Waals surface area contributed by atoms with Crippen molar-refractivity contribution in [1.29, 1.82) is 0 Å². The summed E-state index contributed by atoms with van der Waals surface area (Å²) in [5.74, 6) is -3.30. The molecule has 0 bridgehead atoms. The molecule has 3 aromatic rings. The topological polar surface area (TPSA) is 88.9 Å². The van der Waals surface area contributed by atoms with Crippen LogP contribution in [0.1, 0.15) is 20.8 Å². The Hall–Kier alpha value is -4.09. The summed E-state index contributed by atoms with van der Waals surface area (Å²) in [7, 11) is 2.16. The van der Waals surface area contributed by atoms with Crippen LogP contribution in [0.3, 0.4) is 0 Å². The van der Waals surface area contributed by atoms with E-state index >= 15 is 0 Å². The summed E-state index contributed by atoms with van der Waals surface area (Å²) in [5.41, 5.74) is -0.453. The van der Waals surface area contributed by atoms with Crippen LogP contribution < -0.4 is 9.47 Å². The fourth-order valence-corrected chi connectivity index (χ4v) is 2.99. The van der Waals surface area contributed by atoms with E-state index in [2.05, 4.69) is 14.6 Å². The van der Waals surface area contributed by atoms with Crippen LogP contribution in [0.4, 0.5) is 17.6 Å². The molecule has 174 valence electrons. The van der Waals surface area contributed by atoms with Crippen LogP contribution in [0.25, 0.3) is 16.9 Å². The first-order chi connectivity index (χ1) is 15.8. The number of hydrogen-bond donors (Lipinski definition) is 0. The lowest BCUT2D eigenvalue weighted by atomic mass is 10.0. The number of ether oxygens (including phenoxy) is 4. The average molecular weight is 468 g/mol. The quantitative estimate of drug-likeness (QED) is 0.360. The summed E-state index contributed by atoms with van der Waals surface area (Å²) in [6.07, 6.45) is 0. The first-order valence-corrected chi connectivity index (χ1v) is 9.16. The van der Waals surface area contributed by atoms with Crippen LogP contribution in [0, 0.1) is 0 Å². The molecule has 12 heteroatoms. The molecule has 0 unspecified atom stereocenters. The van der Waals surface area contributed by atoms with E-state index in [1.165, 1.54) is 6.07 Å². The molecule has 2 aromatic carbocycles. The van der Waals surface area contributed by atoms with Crippen LogP contribution in [0.5, 0.6) is 11.5 Å². The fraction of sp³-hybridized carbons (Fsp3) is 0.190. The Morgan fingerprint density at radius 1 is 0.848 bits per heavy atom. The summed E-state index contributed by atoms with van der Waals surface area (Å²) in [5, 5.41) is 4.28. The van der Waals surface area contributed by atoms with Gasteiger partial charge in [0.1, 0.15) is 11.3 Å². The number of aromatic nitrogens is 2. The highest BCUT2D eigenvalue weighted by Gasteiger charge is 2.32. The number of halogens is 4. The molecule has 0 amide bonds. The number of carbonyl (C=O) groups excluding carboxylic acids is 2. The van der Waals surface area contributed by atoms with Crippen molar-refractivity contribution in [1.82, 2.24) is 9.78 Å². The Morgan fingerprint density at radius 2 is 1.45 bits per heavy atom. The number of nitrogens with zero attached hydrogens (tertiary/aromatic N) is 2. The maximum atomic E-state index is 12.9. The Labute approximate surface area is 184 Å². The number of methoxy groups -OCH3 is 2. The lowest BCUT2D eigenvalue weighted by Gasteiger charge is -2.13. The smallest absolute Gasteiger partial charge is 0.387 e. The van der Waals surface area contributed by atoms with Gasteiger partial charge >= 0.3 is 25.2 Å². The van der Waals surface area contributed by atoms with Crippen molar-refractivity contribution in [3.05, 3.63) is 59.8 Å². The number of rotatable bonds is 8. The third kappa shape index (κ3) is 5.05. The third-order valence-electron chi connectivity index (χ3n) is 4.30. The molecule has 0 spiro atoms. The first kappa shape index (κ1) is 23.6. The largest absolute Gasteiger partial charge is 0.465 e. The molecular weight excluding hydrogens is 452 g/mol. The van der Waals surface area contributed by atoms with Crippen molar-refractivity contribution in [2.24, 2.45) is 0 Å². The van der Waals surface area contributed by atoms with Crippen LogP contribution in [-0.2, 0) is 9.47 Å². The molecule has 1 aromatic heterocycles. The maximum absolute atomic E-state index is 12.9. The SMILES string of the molecule is COC(=O)c1c(-c2ccc(OC(F)F)c(OC(F)F)c2)nn(-c2ccccc2)c1C(=O)OC. The van der Waals surface area contributed by atoms with Crippen molar-refractivity contribution in [3.63, 3.8) is 0 Å². The molecule has 0 radical (unpaired) electrons. The van der Waals surface area contributed by atoms with Gasteiger partial charge < -0.3 is 18.9 Å². The fourth-order valence-electron chi connectivity index (χ4n) is 2.99. The van der Waals surface area contributed by atoms with E-state index in [1.807, 2.05) is 0 Å². The molecule has 0 N–H and O–H groups in total. The van der Waals surface area contributed by atoms with Crippen LogP contribution in [0.2, 0.25) is 0 Å².